The topological polar surface area (TPSA) is 83.9 Å². The minimum Gasteiger partial charge on any atom is -0.480 e. The predicted octanol–water partition coefficient (Wildman–Crippen LogP) is 1.88. The molecule has 2 aliphatic rings. The maximum Gasteiger partial charge on any atom is 0.329 e. The lowest BCUT2D eigenvalue weighted by molar-refractivity contribution is -0.145. The lowest BCUT2D eigenvalue weighted by Crippen LogP contribution is -2.41. The molecule has 1 aromatic heterocycles. The number of carboxylic acid groups (broad SMARTS) is 1. The summed E-state index contributed by atoms with van der Waals surface area (Å²) in [5, 5.41) is 8.60. The first kappa shape index (κ1) is 15.9. The summed E-state index contributed by atoms with van der Waals surface area (Å²) in [6.45, 7) is 0.430. The monoisotopic (exact) mass is 345 g/mol. The van der Waals surface area contributed by atoms with Gasteiger partial charge < -0.3 is 9.84 Å². The molecule has 0 amide bonds. The van der Waals surface area contributed by atoms with Gasteiger partial charge in [0.15, 0.2) is 0 Å². The van der Waals surface area contributed by atoms with Gasteiger partial charge in [0.05, 0.1) is 6.10 Å². The van der Waals surface area contributed by atoms with Gasteiger partial charge in [-0.25, -0.2) is 13.2 Å². The number of ether oxygens (including phenoxy) is 1. The molecule has 2 fully saturated rings. The van der Waals surface area contributed by atoms with Crippen molar-refractivity contribution in [3.05, 3.63) is 17.0 Å². The van der Waals surface area contributed by atoms with E-state index < -0.39 is 16.0 Å². The van der Waals surface area contributed by atoms with Gasteiger partial charge in [-0.2, -0.15) is 4.31 Å². The molecule has 6 nitrogen and oxygen atoms in total. The molecule has 2 heterocycles. The second kappa shape index (κ2) is 6.27. The van der Waals surface area contributed by atoms with E-state index in [-0.39, 0.29) is 12.7 Å². The molecule has 0 bridgehead atoms. The summed E-state index contributed by atoms with van der Waals surface area (Å²) in [6.07, 6.45) is 3.22. The number of carbonyl (C=O) groups is 1. The van der Waals surface area contributed by atoms with E-state index in [0.717, 1.165) is 12.8 Å². The Balaban J connectivity index is 1.60. The first-order chi connectivity index (χ1) is 10.5. The Morgan fingerprint density at radius 2 is 1.95 bits per heavy atom. The molecule has 1 aliphatic carbocycles. The molecule has 1 saturated heterocycles. The highest BCUT2D eigenvalue weighted by Crippen LogP contribution is 2.44. The summed E-state index contributed by atoms with van der Waals surface area (Å²) in [7, 11) is -3.42. The van der Waals surface area contributed by atoms with Gasteiger partial charge in [0, 0.05) is 18.0 Å². The lowest BCUT2D eigenvalue weighted by Gasteiger charge is -2.30. The summed E-state index contributed by atoms with van der Waals surface area (Å²) in [4.78, 5) is 11.6. The van der Waals surface area contributed by atoms with Crippen LogP contribution in [0.5, 0.6) is 0 Å². The number of carboxylic acids is 1. The molecular formula is C14H19NO5S2. The molecule has 122 valence electrons. The molecule has 0 aromatic carbocycles. The van der Waals surface area contributed by atoms with Crippen molar-refractivity contribution < 1.29 is 23.1 Å². The van der Waals surface area contributed by atoms with Crippen LogP contribution in [0.25, 0.3) is 0 Å². The highest BCUT2D eigenvalue weighted by Gasteiger charge is 2.32. The van der Waals surface area contributed by atoms with Gasteiger partial charge in [0.25, 0.3) is 10.0 Å². The Labute approximate surface area is 133 Å². The normalized spacial score (nSPS) is 21.1. The third kappa shape index (κ3) is 3.51. The molecule has 3 rings (SSSR count). The molecule has 1 N–H and O–H groups in total. The van der Waals surface area contributed by atoms with Crippen molar-refractivity contribution in [1.82, 2.24) is 4.31 Å². The smallest absolute Gasteiger partial charge is 0.329 e. The molecular weight excluding hydrogens is 326 g/mol. The van der Waals surface area contributed by atoms with Crippen LogP contribution in [-0.2, 0) is 19.6 Å². The summed E-state index contributed by atoms with van der Waals surface area (Å²) in [5.41, 5.74) is 0. The van der Waals surface area contributed by atoms with Crippen LogP contribution in [0.2, 0.25) is 0 Å². The van der Waals surface area contributed by atoms with Crippen molar-refractivity contribution in [3.63, 3.8) is 0 Å². The van der Waals surface area contributed by atoms with Gasteiger partial charge in [-0.15, -0.1) is 11.3 Å². The SMILES string of the molecule is O=C(O)COC1CCN(S(=O)(=O)c2ccc(C3CC3)s2)CC1. The maximum absolute atomic E-state index is 12.6. The number of nitrogens with zero attached hydrogens (tertiary/aromatic N) is 1. The van der Waals surface area contributed by atoms with Crippen molar-refractivity contribution >= 4 is 27.3 Å². The average molecular weight is 345 g/mol. The van der Waals surface area contributed by atoms with E-state index >= 15 is 0 Å². The molecule has 1 aliphatic heterocycles. The van der Waals surface area contributed by atoms with E-state index in [1.165, 1.54) is 20.5 Å². The number of piperidine rings is 1. The fourth-order valence-corrected chi connectivity index (χ4v) is 5.73. The van der Waals surface area contributed by atoms with Crippen LogP contribution in [0.1, 0.15) is 36.5 Å². The lowest BCUT2D eigenvalue weighted by atomic mass is 10.1. The Bertz CT molecular complexity index is 642. The molecule has 0 radical (unpaired) electrons. The molecule has 0 spiro atoms. The van der Waals surface area contributed by atoms with E-state index in [4.69, 9.17) is 9.84 Å². The number of sulfonamides is 1. The zero-order chi connectivity index (χ0) is 15.7. The first-order valence-electron chi connectivity index (χ1n) is 7.40. The van der Waals surface area contributed by atoms with E-state index in [1.54, 1.807) is 6.07 Å². The minimum atomic E-state index is -3.42. The van der Waals surface area contributed by atoms with Crippen molar-refractivity contribution in [2.45, 2.75) is 41.9 Å². The molecule has 0 unspecified atom stereocenters. The van der Waals surface area contributed by atoms with Gasteiger partial charge in [-0.1, -0.05) is 0 Å². The highest BCUT2D eigenvalue weighted by atomic mass is 32.2. The Kier molecular flexibility index (Phi) is 4.54. The average Bonchev–Trinajstić information content (AvgIpc) is 3.22. The van der Waals surface area contributed by atoms with Crippen molar-refractivity contribution in [2.75, 3.05) is 19.7 Å². The quantitative estimate of drug-likeness (QED) is 0.851. The second-order valence-electron chi connectivity index (χ2n) is 5.74. The van der Waals surface area contributed by atoms with Gasteiger partial charge >= 0.3 is 5.97 Å². The summed E-state index contributed by atoms with van der Waals surface area (Å²) >= 11 is 1.38. The fraction of sp³-hybridized carbons (Fsp3) is 0.643. The van der Waals surface area contributed by atoms with Crippen LogP contribution >= 0.6 is 11.3 Å². The maximum atomic E-state index is 12.6. The first-order valence-corrected chi connectivity index (χ1v) is 9.66. The largest absolute Gasteiger partial charge is 0.480 e. The second-order valence-corrected chi connectivity index (χ2v) is 9.02. The third-order valence-corrected chi connectivity index (χ3v) is 7.63. The van der Waals surface area contributed by atoms with Crippen LogP contribution in [-0.4, -0.2) is 49.6 Å². The third-order valence-electron chi connectivity index (χ3n) is 4.02. The Morgan fingerprint density at radius 3 is 2.55 bits per heavy atom. The standard InChI is InChI=1S/C14H19NO5S2/c16-13(17)9-20-11-5-7-15(8-6-11)22(18,19)14-4-3-12(21-14)10-1-2-10/h3-4,10-11H,1-2,5-9H2,(H,16,17). The fourth-order valence-electron chi connectivity index (χ4n) is 2.62. The van der Waals surface area contributed by atoms with Crippen LogP contribution in [0.15, 0.2) is 16.3 Å². The predicted molar refractivity (Wildman–Crippen MR) is 81.7 cm³/mol. The van der Waals surface area contributed by atoms with Gasteiger partial charge in [-0.3, -0.25) is 0 Å². The van der Waals surface area contributed by atoms with E-state index in [0.29, 0.717) is 36.1 Å². The van der Waals surface area contributed by atoms with Crippen molar-refractivity contribution in [3.8, 4) is 0 Å². The zero-order valence-corrected chi connectivity index (χ0v) is 13.7. The van der Waals surface area contributed by atoms with Crippen molar-refractivity contribution in [1.29, 1.82) is 0 Å². The number of thiophene rings is 1. The molecule has 22 heavy (non-hydrogen) atoms. The summed E-state index contributed by atoms with van der Waals surface area (Å²) < 4.78 is 32.4. The Hall–Kier alpha value is -0.960. The number of aliphatic carboxylic acids is 1. The number of hydrogen-bond donors (Lipinski definition) is 1. The minimum absolute atomic E-state index is 0.173. The molecule has 1 saturated carbocycles. The van der Waals surface area contributed by atoms with E-state index in [2.05, 4.69) is 0 Å². The zero-order valence-electron chi connectivity index (χ0n) is 12.1. The van der Waals surface area contributed by atoms with Gasteiger partial charge in [-0.05, 0) is 43.7 Å². The van der Waals surface area contributed by atoms with E-state index in [9.17, 15) is 13.2 Å². The molecule has 1 aromatic rings. The van der Waals surface area contributed by atoms with Gasteiger partial charge in [0.2, 0.25) is 0 Å². The van der Waals surface area contributed by atoms with Crippen LogP contribution in [0.3, 0.4) is 0 Å². The van der Waals surface area contributed by atoms with Crippen molar-refractivity contribution in [2.24, 2.45) is 0 Å². The van der Waals surface area contributed by atoms with Crippen LogP contribution in [0, 0.1) is 0 Å². The van der Waals surface area contributed by atoms with Crippen LogP contribution in [0.4, 0.5) is 0 Å². The summed E-state index contributed by atoms with van der Waals surface area (Å²) in [6, 6.07) is 3.64. The number of rotatable bonds is 6. The van der Waals surface area contributed by atoms with E-state index in [1.807, 2.05) is 6.07 Å². The number of hydrogen-bond acceptors (Lipinski definition) is 5. The van der Waals surface area contributed by atoms with Gasteiger partial charge in [0.1, 0.15) is 10.8 Å². The van der Waals surface area contributed by atoms with Crippen LogP contribution < -0.4 is 0 Å². The molecule has 0 atom stereocenters. The summed E-state index contributed by atoms with van der Waals surface area (Å²) in [5.74, 6) is -0.439. The highest BCUT2D eigenvalue weighted by molar-refractivity contribution is 7.91. The molecule has 8 heteroatoms. The Morgan fingerprint density at radius 1 is 1.27 bits per heavy atom.